The van der Waals surface area contributed by atoms with Gasteiger partial charge < -0.3 is 25.4 Å². The molecular weight excluding hydrogens is 551 g/mol. The Labute approximate surface area is 250 Å². The van der Waals surface area contributed by atoms with Gasteiger partial charge in [0.15, 0.2) is 5.54 Å². The number of aliphatic imine (C=N–C) groups is 1. The first kappa shape index (κ1) is 31.4. The standard InChI is InChI=1S/C33H37FN4O5/c1-22(39)42-19-18-38-21-28(36-29(24-14-8-10-16-26(24)34)25-15-9-11-17-27(25)38)37-30(40)33(35,31(41)43-32(2,3)4)20-23-12-6-5-7-13-23/h5-17,28H,18-21,35H2,1-4H3,(H,37,40)/t28-,33-/m0/s1. The first-order chi connectivity index (χ1) is 20.4. The molecule has 3 aromatic carbocycles. The number of halogens is 1. The van der Waals surface area contributed by atoms with Crippen molar-refractivity contribution in [1.29, 1.82) is 0 Å². The molecule has 1 amide bonds. The van der Waals surface area contributed by atoms with Crippen LogP contribution in [0.5, 0.6) is 0 Å². The Bertz CT molecular complexity index is 1500. The molecule has 0 aliphatic carbocycles. The summed E-state index contributed by atoms with van der Waals surface area (Å²) in [6, 6.07) is 22.5. The molecule has 0 aromatic heterocycles. The smallest absolute Gasteiger partial charge is 0.336 e. The Balaban J connectivity index is 1.75. The minimum Gasteiger partial charge on any atom is -0.464 e. The number of nitrogens with zero attached hydrogens (tertiary/aromatic N) is 2. The molecule has 0 unspecified atom stereocenters. The maximum Gasteiger partial charge on any atom is 0.336 e. The van der Waals surface area contributed by atoms with E-state index < -0.39 is 41.0 Å². The summed E-state index contributed by atoms with van der Waals surface area (Å²) in [5.74, 6) is -2.59. The van der Waals surface area contributed by atoms with Crippen molar-refractivity contribution in [2.75, 3.05) is 24.6 Å². The van der Waals surface area contributed by atoms with E-state index in [0.29, 0.717) is 22.5 Å². The number of hydrogen-bond acceptors (Lipinski definition) is 8. The predicted molar refractivity (Wildman–Crippen MR) is 162 cm³/mol. The van der Waals surface area contributed by atoms with Crippen molar-refractivity contribution in [3.8, 4) is 0 Å². The average Bonchev–Trinajstić information content (AvgIpc) is 3.09. The van der Waals surface area contributed by atoms with E-state index >= 15 is 4.39 Å². The molecule has 1 aliphatic heterocycles. The maximum absolute atomic E-state index is 15.2. The molecule has 1 heterocycles. The van der Waals surface area contributed by atoms with Crippen molar-refractivity contribution in [2.45, 2.75) is 51.4 Å². The summed E-state index contributed by atoms with van der Waals surface area (Å²) in [5, 5.41) is 2.85. The molecule has 3 N–H and O–H groups in total. The van der Waals surface area contributed by atoms with Gasteiger partial charge in [0.1, 0.15) is 24.2 Å². The SMILES string of the molecule is CC(=O)OCCN1C[C@H](NC(=O)[C@@](N)(Cc2ccccc2)C(=O)OC(C)(C)C)N=C(c2ccccc2F)c2ccccc21. The molecule has 2 atom stereocenters. The average molecular weight is 589 g/mol. The second-order valence-electron chi connectivity index (χ2n) is 11.4. The molecule has 3 aromatic rings. The minimum atomic E-state index is -2.09. The molecule has 0 fully saturated rings. The van der Waals surface area contributed by atoms with Gasteiger partial charge in [-0.2, -0.15) is 0 Å². The van der Waals surface area contributed by atoms with Crippen LogP contribution in [0.25, 0.3) is 0 Å². The maximum atomic E-state index is 15.2. The number of benzene rings is 3. The zero-order valence-corrected chi connectivity index (χ0v) is 24.8. The third-order valence-electron chi connectivity index (χ3n) is 6.77. The van der Waals surface area contributed by atoms with Crippen LogP contribution in [0.3, 0.4) is 0 Å². The molecule has 1 aliphatic rings. The largest absolute Gasteiger partial charge is 0.464 e. The van der Waals surface area contributed by atoms with Gasteiger partial charge in [0.25, 0.3) is 5.91 Å². The van der Waals surface area contributed by atoms with Gasteiger partial charge in [-0.1, -0.05) is 60.7 Å². The van der Waals surface area contributed by atoms with Crippen LogP contribution in [0.15, 0.2) is 83.9 Å². The molecule has 0 saturated heterocycles. The van der Waals surface area contributed by atoms with Crippen molar-refractivity contribution in [1.82, 2.24) is 5.32 Å². The molecule has 4 rings (SSSR count). The highest BCUT2D eigenvalue weighted by atomic mass is 19.1. The number of para-hydroxylation sites is 1. The first-order valence-electron chi connectivity index (χ1n) is 14.0. The number of rotatable bonds is 9. The third kappa shape index (κ3) is 7.84. The van der Waals surface area contributed by atoms with Crippen LogP contribution < -0.4 is 16.0 Å². The van der Waals surface area contributed by atoms with Crippen LogP contribution in [0.1, 0.15) is 44.4 Å². The zero-order chi connectivity index (χ0) is 31.2. The van der Waals surface area contributed by atoms with E-state index in [-0.39, 0.29) is 31.7 Å². The van der Waals surface area contributed by atoms with Crippen LogP contribution in [0.2, 0.25) is 0 Å². The molecule has 0 radical (unpaired) electrons. The highest BCUT2D eigenvalue weighted by Crippen LogP contribution is 2.29. The van der Waals surface area contributed by atoms with Crippen LogP contribution >= 0.6 is 0 Å². The lowest BCUT2D eigenvalue weighted by molar-refractivity contribution is -0.164. The molecule has 43 heavy (non-hydrogen) atoms. The molecule has 9 nitrogen and oxygen atoms in total. The molecule has 0 saturated carbocycles. The number of carbonyl (C=O) groups excluding carboxylic acids is 3. The Morgan fingerprint density at radius 1 is 0.977 bits per heavy atom. The summed E-state index contributed by atoms with van der Waals surface area (Å²) in [6.45, 7) is 6.88. The Kier molecular flexibility index (Phi) is 9.60. The summed E-state index contributed by atoms with van der Waals surface area (Å²) >= 11 is 0. The van der Waals surface area contributed by atoms with Crippen LogP contribution in [0.4, 0.5) is 10.1 Å². The van der Waals surface area contributed by atoms with Gasteiger partial charge >= 0.3 is 11.9 Å². The number of amides is 1. The number of anilines is 1. The quantitative estimate of drug-likeness (QED) is 0.288. The van der Waals surface area contributed by atoms with Gasteiger partial charge in [-0.3, -0.25) is 14.6 Å². The van der Waals surface area contributed by atoms with Crippen molar-refractivity contribution >= 4 is 29.2 Å². The number of nitrogens with one attached hydrogen (secondary N) is 1. The van der Waals surface area contributed by atoms with E-state index in [1.165, 1.54) is 13.0 Å². The third-order valence-corrected chi connectivity index (χ3v) is 6.77. The van der Waals surface area contributed by atoms with Crippen molar-refractivity contribution in [2.24, 2.45) is 10.7 Å². The number of esters is 2. The van der Waals surface area contributed by atoms with E-state index in [1.54, 1.807) is 63.2 Å². The summed E-state index contributed by atoms with van der Waals surface area (Å²) < 4.78 is 25.9. The lowest BCUT2D eigenvalue weighted by atomic mass is 9.90. The van der Waals surface area contributed by atoms with Crippen molar-refractivity contribution in [3.05, 3.63) is 101 Å². The van der Waals surface area contributed by atoms with E-state index in [1.807, 2.05) is 35.2 Å². The van der Waals surface area contributed by atoms with Gasteiger partial charge in [0, 0.05) is 30.2 Å². The van der Waals surface area contributed by atoms with Crippen LogP contribution in [0, 0.1) is 5.82 Å². The lowest BCUT2D eigenvalue weighted by Crippen LogP contribution is -2.64. The highest BCUT2D eigenvalue weighted by molar-refractivity contribution is 6.16. The number of hydrogen-bond donors (Lipinski definition) is 2. The number of nitrogens with two attached hydrogens (primary N) is 1. The number of ether oxygens (including phenoxy) is 2. The Morgan fingerprint density at radius 2 is 1.60 bits per heavy atom. The van der Waals surface area contributed by atoms with Gasteiger partial charge in [0.05, 0.1) is 18.8 Å². The lowest BCUT2D eigenvalue weighted by Gasteiger charge is -2.32. The monoisotopic (exact) mass is 588 g/mol. The van der Waals surface area contributed by atoms with Crippen molar-refractivity contribution in [3.63, 3.8) is 0 Å². The second kappa shape index (κ2) is 13.2. The summed E-state index contributed by atoms with van der Waals surface area (Å²) in [7, 11) is 0. The van der Waals surface area contributed by atoms with E-state index in [0.717, 1.165) is 0 Å². The molecule has 0 spiro atoms. The van der Waals surface area contributed by atoms with Crippen LogP contribution in [-0.2, 0) is 30.3 Å². The summed E-state index contributed by atoms with van der Waals surface area (Å²) in [5.41, 5.74) is 6.19. The van der Waals surface area contributed by atoms with Gasteiger partial charge in [-0.15, -0.1) is 0 Å². The van der Waals surface area contributed by atoms with Crippen molar-refractivity contribution < 1.29 is 28.2 Å². The van der Waals surface area contributed by atoms with E-state index in [9.17, 15) is 14.4 Å². The second-order valence-corrected chi connectivity index (χ2v) is 11.4. The molecular formula is C33H37FN4O5. The predicted octanol–water partition coefficient (Wildman–Crippen LogP) is 3.77. The Morgan fingerprint density at radius 3 is 2.26 bits per heavy atom. The van der Waals surface area contributed by atoms with Gasteiger partial charge in [-0.05, 0) is 44.5 Å². The fraction of sp³-hybridized carbons (Fsp3) is 0.333. The first-order valence-corrected chi connectivity index (χ1v) is 14.0. The fourth-order valence-electron chi connectivity index (χ4n) is 4.79. The van der Waals surface area contributed by atoms with Gasteiger partial charge in [0.2, 0.25) is 0 Å². The fourth-order valence-corrected chi connectivity index (χ4v) is 4.79. The zero-order valence-electron chi connectivity index (χ0n) is 24.8. The molecule has 0 bridgehead atoms. The summed E-state index contributed by atoms with van der Waals surface area (Å²) in [6.07, 6.45) is -1.09. The number of benzodiazepines with no additional fused rings is 1. The summed E-state index contributed by atoms with van der Waals surface area (Å²) in [4.78, 5) is 45.7. The minimum absolute atomic E-state index is 0.0755. The number of fused-ring (bicyclic) bond motifs is 1. The highest BCUT2D eigenvalue weighted by Gasteiger charge is 2.46. The molecule has 10 heteroatoms. The normalized spacial score (nSPS) is 16.2. The Hall–Kier alpha value is -4.57. The van der Waals surface area contributed by atoms with Crippen LogP contribution in [-0.4, -0.2) is 60.6 Å². The topological polar surface area (TPSA) is 123 Å². The molecule has 226 valence electrons. The van der Waals surface area contributed by atoms with E-state index in [2.05, 4.69) is 5.32 Å². The number of carbonyl (C=O) groups is 3. The van der Waals surface area contributed by atoms with Gasteiger partial charge in [-0.25, -0.2) is 9.18 Å². The van der Waals surface area contributed by atoms with E-state index in [4.69, 9.17) is 20.2 Å².